The van der Waals surface area contributed by atoms with Crippen LogP contribution in [0.5, 0.6) is 5.75 Å². The zero-order valence-electron chi connectivity index (χ0n) is 10.7. The van der Waals surface area contributed by atoms with E-state index in [1.165, 1.54) is 0 Å². The summed E-state index contributed by atoms with van der Waals surface area (Å²) in [6, 6.07) is 5.62. The quantitative estimate of drug-likeness (QED) is 0.482. The first kappa shape index (κ1) is 13.7. The van der Waals surface area contributed by atoms with E-state index in [0.29, 0.717) is 13.0 Å². The second-order valence-electron chi connectivity index (χ2n) is 4.28. The summed E-state index contributed by atoms with van der Waals surface area (Å²) in [5, 5.41) is 2.35. The topological polar surface area (TPSA) is 47.9 Å². The lowest BCUT2D eigenvalue weighted by Gasteiger charge is -2.25. The zero-order valence-corrected chi connectivity index (χ0v) is 11.5. The molecule has 2 rings (SSSR count). The second kappa shape index (κ2) is 6.45. The summed E-state index contributed by atoms with van der Waals surface area (Å²) in [5.74, 6) is 0.599. The number of nitrogens with zero attached hydrogens (tertiary/aromatic N) is 1. The zero-order chi connectivity index (χ0) is 13.7. The first-order valence-corrected chi connectivity index (χ1v) is 6.67. The number of isothiocyanates is 1. The van der Waals surface area contributed by atoms with Gasteiger partial charge in [0.2, 0.25) is 0 Å². The molecule has 1 aliphatic rings. The Bertz CT molecular complexity index is 523. The first-order valence-electron chi connectivity index (χ1n) is 6.26. The van der Waals surface area contributed by atoms with Gasteiger partial charge in [0.25, 0.3) is 0 Å². The Morgan fingerprint density at radius 3 is 3.21 bits per heavy atom. The van der Waals surface area contributed by atoms with Crippen molar-refractivity contribution in [2.24, 2.45) is 4.99 Å². The van der Waals surface area contributed by atoms with Crippen LogP contribution in [0.2, 0.25) is 0 Å². The summed E-state index contributed by atoms with van der Waals surface area (Å²) in [7, 11) is 0. The largest absolute Gasteiger partial charge is 0.490 e. The van der Waals surface area contributed by atoms with Crippen molar-refractivity contribution >= 4 is 29.0 Å². The lowest BCUT2D eigenvalue weighted by Crippen LogP contribution is -2.26. The fraction of sp³-hybridized carbons (Fsp3) is 0.429. The van der Waals surface area contributed by atoms with Crippen LogP contribution in [0.4, 0.5) is 5.69 Å². The molecule has 0 aliphatic carbocycles. The molecule has 19 heavy (non-hydrogen) atoms. The van der Waals surface area contributed by atoms with Crippen molar-refractivity contribution in [2.45, 2.75) is 32.3 Å². The summed E-state index contributed by atoms with van der Waals surface area (Å²) in [6.45, 7) is 2.20. The molecule has 4 nitrogen and oxygen atoms in total. The molecular weight excluding hydrogens is 262 g/mol. The van der Waals surface area contributed by atoms with E-state index in [1.54, 1.807) is 6.92 Å². The highest BCUT2D eigenvalue weighted by Gasteiger charge is 2.22. The van der Waals surface area contributed by atoms with Gasteiger partial charge in [-0.25, -0.2) is 0 Å². The molecule has 0 fully saturated rings. The molecule has 5 heteroatoms. The highest BCUT2D eigenvalue weighted by molar-refractivity contribution is 7.78. The number of benzene rings is 1. The Hall–Kier alpha value is -1.71. The van der Waals surface area contributed by atoms with E-state index in [-0.39, 0.29) is 12.1 Å². The molecule has 0 saturated heterocycles. The number of aryl methyl sites for hydroxylation is 1. The summed E-state index contributed by atoms with van der Waals surface area (Å²) in [5.41, 5.74) is 1.87. The lowest BCUT2D eigenvalue weighted by atomic mass is 10.00. The Morgan fingerprint density at radius 1 is 1.63 bits per heavy atom. The van der Waals surface area contributed by atoms with Gasteiger partial charge in [0.1, 0.15) is 11.9 Å². The van der Waals surface area contributed by atoms with Gasteiger partial charge < -0.3 is 9.47 Å². The molecule has 1 aromatic carbocycles. The SMILES string of the molecule is CCOC(=O)CC1CCc2cc(N=C=S)ccc2O1. The molecule has 0 bridgehead atoms. The van der Waals surface area contributed by atoms with Crippen molar-refractivity contribution in [2.75, 3.05) is 6.61 Å². The minimum Gasteiger partial charge on any atom is -0.490 e. The van der Waals surface area contributed by atoms with Crippen molar-refractivity contribution in [3.05, 3.63) is 23.8 Å². The number of esters is 1. The molecule has 0 radical (unpaired) electrons. The predicted octanol–water partition coefficient (Wildman–Crippen LogP) is 3.07. The minimum absolute atomic E-state index is 0.105. The molecule has 1 aliphatic heterocycles. The fourth-order valence-electron chi connectivity index (χ4n) is 2.10. The van der Waals surface area contributed by atoms with Gasteiger partial charge in [0, 0.05) is 0 Å². The average molecular weight is 277 g/mol. The normalized spacial score (nSPS) is 16.8. The number of hydrogen-bond acceptors (Lipinski definition) is 5. The highest BCUT2D eigenvalue weighted by Crippen LogP contribution is 2.31. The average Bonchev–Trinajstić information content (AvgIpc) is 2.39. The smallest absolute Gasteiger partial charge is 0.309 e. The van der Waals surface area contributed by atoms with Gasteiger partial charge in [-0.1, -0.05) is 0 Å². The predicted molar refractivity (Wildman–Crippen MR) is 75.1 cm³/mol. The molecule has 0 aromatic heterocycles. The number of aliphatic imine (C=N–C) groups is 1. The summed E-state index contributed by atoms with van der Waals surface area (Å²) in [6.07, 6.45) is 1.86. The summed E-state index contributed by atoms with van der Waals surface area (Å²) in [4.78, 5) is 15.4. The summed E-state index contributed by atoms with van der Waals surface area (Å²) < 4.78 is 10.7. The number of carbonyl (C=O) groups is 1. The van der Waals surface area contributed by atoms with E-state index < -0.39 is 0 Å². The summed E-state index contributed by atoms with van der Waals surface area (Å²) >= 11 is 4.58. The van der Waals surface area contributed by atoms with Crippen LogP contribution >= 0.6 is 12.2 Å². The lowest BCUT2D eigenvalue weighted by molar-refractivity contribution is -0.145. The number of fused-ring (bicyclic) bond motifs is 1. The van der Waals surface area contributed by atoms with E-state index in [9.17, 15) is 4.79 Å². The van der Waals surface area contributed by atoms with Crippen LogP contribution in [-0.4, -0.2) is 23.8 Å². The van der Waals surface area contributed by atoms with Gasteiger partial charge in [-0.15, -0.1) is 0 Å². The maximum Gasteiger partial charge on any atom is 0.309 e. The Labute approximate surface area is 117 Å². The van der Waals surface area contributed by atoms with Gasteiger partial charge in [0.15, 0.2) is 0 Å². The second-order valence-corrected chi connectivity index (χ2v) is 4.47. The van der Waals surface area contributed by atoms with Crippen molar-refractivity contribution in [3.63, 3.8) is 0 Å². The molecule has 1 aromatic rings. The number of carbonyl (C=O) groups excluding carboxylic acids is 1. The van der Waals surface area contributed by atoms with E-state index in [4.69, 9.17) is 9.47 Å². The van der Waals surface area contributed by atoms with Crippen molar-refractivity contribution in [1.82, 2.24) is 0 Å². The van der Waals surface area contributed by atoms with Crippen molar-refractivity contribution < 1.29 is 14.3 Å². The number of rotatable bonds is 4. The number of thiocarbonyl (C=S) groups is 1. The van der Waals surface area contributed by atoms with Crippen LogP contribution in [0.3, 0.4) is 0 Å². The molecule has 0 amide bonds. The van der Waals surface area contributed by atoms with Crippen LogP contribution in [0.15, 0.2) is 23.2 Å². The third-order valence-corrected chi connectivity index (χ3v) is 3.04. The molecule has 1 atom stereocenters. The van der Waals surface area contributed by atoms with Gasteiger partial charge >= 0.3 is 5.97 Å². The highest BCUT2D eigenvalue weighted by atomic mass is 32.1. The molecule has 1 heterocycles. The minimum atomic E-state index is -0.210. The third-order valence-electron chi connectivity index (χ3n) is 2.95. The van der Waals surface area contributed by atoms with E-state index in [0.717, 1.165) is 29.8 Å². The molecule has 100 valence electrons. The Kier molecular flexibility index (Phi) is 4.66. The van der Waals surface area contributed by atoms with Crippen LogP contribution in [0.25, 0.3) is 0 Å². The van der Waals surface area contributed by atoms with Crippen LogP contribution < -0.4 is 4.74 Å². The van der Waals surface area contributed by atoms with Crippen LogP contribution in [0, 0.1) is 0 Å². The van der Waals surface area contributed by atoms with Gasteiger partial charge in [0.05, 0.1) is 23.9 Å². The number of hydrogen-bond donors (Lipinski definition) is 0. The van der Waals surface area contributed by atoms with Crippen molar-refractivity contribution in [1.29, 1.82) is 0 Å². The van der Waals surface area contributed by atoms with Crippen LogP contribution in [-0.2, 0) is 16.0 Å². The molecule has 0 saturated carbocycles. The monoisotopic (exact) mass is 277 g/mol. The number of ether oxygens (including phenoxy) is 2. The van der Waals surface area contributed by atoms with Gasteiger partial charge in [-0.2, -0.15) is 4.99 Å². The van der Waals surface area contributed by atoms with Gasteiger partial charge in [-0.05, 0) is 55.7 Å². The molecule has 0 N–H and O–H groups in total. The Balaban J connectivity index is 2.04. The van der Waals surface area contributed by atoms with E-state index in [1.807, 2.05) is 18.2 Å². The maximum absolute atomic E-state index is 11.4. The molecule has 1 unspecified atom stereocenters. The van der Waals surface area contributed by atoms with E-state index in [2.05, 4.69) is 22.4 Å². The molecule has 0 spiro atoms. The molecular formula is C14H15NO3S. The van der Waals surface area contributed by atoms with Crippen molar-refractivity contribution in [3.8, 4) is 5.75 Å². The standard InChI is InChI=1S/C14H15NO3S/c1-2-17-14(16)8-12-5-3-10-7-11(15-9-19)4-6-13(10)18-12/h4,6-7,12H,2-3,5,8H2,1H3. The van der Waals surface area contributed by atoms with Gasteiger partial charge in [-0.3, -0.25) is 4.79 Å². The Morgan fingerprint density at radius 2 is 2.47 bits per heavy atom. The third kappa shape index (κ3) is 3.63. The van der Waals surface area contributed by atoms with Crippen LogP contribution in [0.1, 0.15) is 25.3 Å². The first-order chi connectivity index (χ1) is 9.22. The van der Waals surface area contributed by atoms with E-state index >= 15 is 0 Å². The maximum atomic E-state index is 11.4. The fourth-order valence-corrected chi connectivity index (χ4v) is 2.21.